The van der Waals surface area contributed by atoms with E-state index >= 15 is 0 Å². The molecule has 0 aliphatic carbocycles. The molecule has 82 valence electrons. The number of rotatable bonds is 3. The molecule has 1 heterocycles. The van der Waals surface area contributed by atoms with Crippen molar-refractivity contribution in [3.8, 4) is 6.07 Å². The largest absolute Gasteiger partial charge is 0.392 e. The molecule has 1 N–H and O–H groups in total. The quantitative estimate of drug-likeness (QED) is 0.584. The molecule has 0 saturated heterocycles. The molecule has 0 unspecified atom stereocenters. The minimum absolute atomic E-state index is 0.0819. The third kappa shape index (κ3) is 3.74. The molecule has 0 radical (unpaired) electrons. The average Bonchev–Trinajstić information content (AvgIpc) is 2.50. The highest BCUT2D eigenvalue weighted by atomic mass is 16.6. The summed E-state index contributed by atoms with van der Waals surface area (Å²) >= 11 is 0. The van der Waals surface area contributed by atoms with Crippen molar-refractivity contribution in [2.45, 2.75) is 20.4 Å². The fraction of sp³-hybridized carbons (Fsp3) is 0.500. The second-order valence-electron chi connectivity index (χ2n) is 2.52. The zero-order chi connectivity index (χ0) is 11.8. The average molecular weight is 212 g/mol. The summed E-state index contributed by atoms with van der Waals surface area (Å²) in [7, 11) is 0. The highest BCUT2D eigenvalue weighted by molar-refractivity contribution is 5.18. The first kappa shape index (κ1) is 13.1. The molecule has 0 saturated carbocycles. The van der Waals surface area contributed by atoms with Crippen LogP contribution in [0.5, 0.6) is 0 Å². The van der Waals surface area contributed by atoms with Gasteiger partial charge < -0.3 is 15.2 Å². The monoisotopic (exact) mass is 212 g/mol. The van der Waals surface area contributed by atoms with Crippen LogP contribution in [0.15, 0.2) is 6.20 Å². The summed E-state index contributed by atoms with van der Waals surface area (Å²) in [5.41, 5.74) is 0. The Kier molecular flexibility index (Phi) is 5.66. The summed E-state index contributed by atoms with van der Waals surface area (Å²) in [4.78, 5) is 13.6. The maximum atomic E-state index is 10.4. The minimum atomic E-state index is -0.518. The van der Waals surface area contributed by atoms with Crippen molar-refractivity contribution < 1.29 is 10.0 Å². The van der Waals surface area contributed by atoms with Gasteiger partial charge in [0.1, 0.15) is 12.7 Å². The predicted molar refractivity (Wildman–Crippen MR) is 52.0 cm³/mol. The van der Waals surface area contributed by atoms with Crippen LogP contribution >= 0.6 is 0 Å². The molecule has 7 heteroatoms. The zero-order valence-electron chi connectivity index (χ0n) is 8.54. The highest BCUT2D eigenvalue weighted by Crippen LogP contribution is 2.12. The van der Waals surface area contributed by atoms with Crippen LogP contribution in [0.2, 0.25) is 0 Å². The molecule has 0 amide bonds. The summed E-state index contributed by atoms with van der Waals surface area (Å²) in [5, 5.41) is 26.3. The molecule has 0 aliphatic heterocycles. The Morgan fingerprint density at radius 3 is 2.73 bits per heavy atom. The first-order valence-electron chi connectivity index (χ1n) is 4.16. The number of aliphatic hydroxyl groups is 1. The lowest BCUT2D eigenvalue weighted by Crippen LogP contribution is -2.07. The third-order valence-corrected chi connectivity index (χ3v) is 1.54. The molecule has 0 aliphatic rings. The van der Waals surface area contributed by atoms with Crippen molar-refractivity contribution in [3.63, 3.8) is 0 Å². The molecule has 0 aromatic carbocycles. The molecule has 0 atom stereocenters. The van der Waals surface area contributed by atoms with Gasteiger partial charge in [-0.15, -0.1) is 0 Å². The van der Waals surface area contributed by atoms with E-state index in [1.165, 1.54) is 17.7 Å². The molecule has 15 heavy (non-hydrogen) atoms. The fourth-order valence-electron chi connectivity index (χ4n) is 0.978. The van der Waals surface area contributed by atoms with Crippen molar-refractivity contribution in [2.24, 2.45) is 0 Å². The first-order valence-corrected chi connectivity index (χ1v) is 4.16. The van der Waals surface area contributed by atoms with Gasteiger partial charge >= 0.3 is 5.82 Å². The lowest BCUT2D eigenvalue weighted by Gasteiger charge is -1.98. The van der Waals surface area contributed by atoms with Crippen molar-refractivity contribution in [2.75, 3.05) is 6.61 Å². The van der Waals surface area contributed by atoms with Crippen LogP contribution < -0.4 is 0 Å². The fourth-order valence-corrected chi connectivity index (χ4v) is 0.978. The van der Waals surface area contributed by atoms with Gasteiger partial charge in [0.15, 0.2) is 5.82 Å². The van der Waals surface area contributed by atoms with E-state index in [4.69, 9.17) is 10.4 Å². The molecule has 0 bridgehead atoms. The normalized spacial score (nSPS) is 8.67. The Bertz CT molecular complexity index is 366. The van der Waals surface area contributed by atoms with E-state index < -0.39 is 4.92 Å². The van der Waals surface area contributed by atoms with Crippen LogP contribution in [-0.2, 0) is 6.54 Å². The summed E-state index contributed by atoms with van der Waals surface area (Å²) in [6.07, 6.45) is 1.19. The van der Waals surface area contributed by atoms with Crippen LogP contribution in [0, 0.1) is 28.4 Å². The van der Waals surface area contributed by atoms with Gasteiger partial charge in [0.25, 0.3) is 0 Å². The second-order valence-corrected chi connectivity index (χ2v) is 2.52. The maximum Gasteiger partial charge on any atom is 0.342 e. The van der Waals surface area contributed by atoms with Gasteiger partial charge in [-0.25, -0.2) is 9.55 Å². The molecular weight excluding hydrogens is 200 g/mol. The Labute approximate surface area is 86.7 Å². The number of aryl methyl sites for hydroxylation is 1. The van der Waals surface area contributed by atoms with Crippen LogP contribution in [0.3, 0.4) is 0 Å². The summed E-state index contributed by atoms with van der Waals surface area (Å²) < 4.78 is 1.36. The van der Waals surface area contributed by atoms with E-state index in [1.54, 1.807) is 13.0 Å². The minimum Gasteiger partial charge on any atom is -0.392 e. The Morgan fingerprint density at radius 2 is 2.33 bits per heavy atom. The zero-order valence-corrected chi connectivity index (χ0v) is 8.54. The lowest BCUT2D eigenvalue weighted by atomic mass is 10.6. The van der Waals surface area contributed by atoms with Crippen LogP contribution in [0.25, 0.3) is 0 Å². The van der Waals surface area contributed by atoms with Crippen LogP contribution in [0.1, 0.15) is 12.7 Å². The van der Waals surface area contributed by atoms with Gasteiger partial charge in [-0.05, 0) is 4.92 Å². The number of hydrogen-bond donors (Lipinski definition) is 1. The topological polar surface area (TPSA) is 105 Å². The molecule has 0 fully saturated rings. The van der Waals surface area contributed by atoms with Gasteiger partial charge in [-0.1, -0.05) is 0 Å². The lowest BCUT2D eigenvalue weighted by molar-refractivity contribution is -0.392. The maximum absolute atomic E-state index is 10.4. The number of hydrogen-bond acceptors (Lipinski definition) is 5. The molecule has 7 nitrogen and oxygen atoms in total. The van der Waals surface area contributed by atoms with E-state index in [0.29, 0.717) is 5.82 Å². The highest BCUT2D eigenvalue weighted by Gasteiger charge is 2.15. The smallest absolute Gasteiger partial charge is 0.342 e. The summed E-state index contributed by atoms with van der Waals surface area (Å²) in [5.74, 6) is 0.456. The van der Waals surface area contributed by atoms with Crippen molar-refractivity contribution in [1.29, 1.82) is 5.26 Å². The first-order chi connectivity index (χ1) is 7.08. The van der Waals surface area contributed by atoms with Gasteiger partial charge in [0.05, 0.1) is 12.7 Å². The Morgan fingerprint density at radius 1 is 1.80 bits per heavy atom. The SMILES string of the molecule is CC#N.Cc1ncc([N+](=O)[O-])n1CCO. The number of aromatic nitrogens is 2. The third-order valence-electron chi connectivity index (χ3n) is 1.54. The van der Waals surface area contributed by atoms with Crippen molar-refractivity contribution in [1.82, 2.24) is 9.55 Å². The van der Waals surface area contributed by atoms with Gasteiger partial charge in [0.2, 0.25) is 0 Å². The number of nitriles is 1. The van der Waals surface area contributed by atoms with E-state index in [1.807, 2.05) is 0 Å². The second kappa shape index (κ2) is 6.50. The van der Waals surface area contributed by atoms with E-state index in [2.05, 4.69) is 4.98 Å². The van der Waals surface area contributed by atoms with Crippen molar-refractivity contribution in [3.05, 3.63) is 22.1 Å². The number of aliphatic hydroxyl groups excluding tert-OH is 1. The Hall–Kier alpha value is -1.94. The molecule has 1 aromatic heterocycles. The molecular formula is C8H12N4O3. The number of imidazole rings is 1. The van der Waals surface area contributed by atoms with E-state index in [-0.39, 0.29) is 19.0 Å². The van der Waals surface area contributed by atoms with Crippen LogP contribution in [0.4, 0.5) is 5.82 Å². The number of nitrogens with zero attached hydrogens (tertiary/aromatic N) is 4. The van der Waals surface area contributed by atoms with Gasteiger partial charge in [0, 0.05) is 13.8 Å². The predicted octanol–water partition coefficient (Wildman–Crippen LogP) is 0.622. The summed E-state index contributed by atoms with van der Waals surface area (Å²) in [6.45, 7) is 3.17. The summed E-state index contributed by atoms with van der Waals surface area (Å²) in [6, 6.07) is 1.75. The molecule has 1 rings (SSSR count). The van der Waals surface area contributed by atoms with Gasteiger partial charge in [-0.3, -0.25) is 0 Å². The van der Waals surface area contributed by atoms with Crippen LogP contribution in [-0.4, -0.2) is 26.2 Å². The van der Waals surface area contributed by atoms with Gasteiger partial charge in [-0.2, -0.15) is 5.26 Å². The van der Waals surface area contributed by atoms with Crippen molar-refractivity contribution >= 4 is 5.82 Å². The van der Waals surface area contributed by atoms with E-state index in [0.717, 1.165) is 0 Å². The molecule has 1 aromatic rings. The Balaban J connectivity index is 0.000000583. The number of nitro groups is 1. The standard InChI is InChI=1S/C6H9N3O3.C2H3N/c1-5-7-4-6(9(11)12)8(5)2-3-10;1-2-3/h4,10H,2-3H2,1H3;1H3. The molecule has 0 spiro atoms. The van der Waals surface area contributed by atoms with E-state index in [9.17, 15) is 10.1 Å².